The van der Waals surface area contributed by atoms with Crippen LogP contribution in [0.1, 0.15) is 23.7 Å². The van der Waals surface area contributed by atoms with Crippen molar-refractivity contribution in [1.82, 2.24) is 20.1 Å². The molecule has 2 fully saturated rings. The summed E-state index contributed by atoms with van der Waals surface area (Å²) in [5.74, 6) is -0.924. The van der Waals surface area contributed by atoms with Crippen LogP contribution >= 0.6 is 11.3 Å². The highest BCUT2D eigenvalue weighted by Crippen LogP contribution is 2.29. The predicted octanol–water partition coefficient (Wildman–Crippen LogP) is 1.69. The van der Waals surface area contributed by atoms with Gasteiger partial charge in [0.1, 0.15) is 12.1 Å². The Labute approximate surface area is 184 Å². The minimum Gasteiger partial charge on any atom is -0.379 e. The van der Waals surface area contributed by atoms with Crippen LogP contribution in [0.4, 0.5) is 9.93 Å². The number of thiazole rings is 1. The molecule has 2 N–H and O–H groups in total. The van der Waals surface area contributed by atoms with Crippen molar-refractivity contribution in [3.63, 3.8) is 0 Å². The highest BCUT2D eigenvalue weighted by molar-refractivity contribution is 7.13. The van der Waals surface area contributed by atoms with Crippen molar-refractivity contribution in [3.05, 3.63) is 46.5 Å². The summed E-state index contributed by atoms with van der Waals surface area (Å²) >= 11 is 1.32. The molecule has 0 radical (unpaired) electrons. The number of ether oxygens (including phenoxy) is 1. The fraction of sp³-hybridized carbons (Fsp3) is 0.429. The fourth-order valence-electron chi connectivity index (χ4n) is 3.65. The van der Waals surface area contributed by atoms with E-state index in [0.29, 0.717) is 30.5 Å². The van der Waals surface area contributed by atoms with E-state index in [9.17, 15) is 14.4 Å². The normalized spacial score (nSPS) is 21.9. The number of hydrogen-bond donors (Lipinski definition) is 2. The second kappa shape index (κ2) is 8.74. The van der Waals surface area contributed by atoms with Crippen molar-refractivity contribution in [2.45, 2.75) is 25.9 Å². The molecule has 1 unspecified atom stereocenters. The number of anilines is 1. The van der Waals surface area contributed by atoms with Gasteiger partial charge >= 0.3 is 6.03 Å². The van der Waals surface area contributed by atoms with Gasteiger partial charge in [0, 0.05) is 25.0 Å². The third-order valence-corrected chi connectivity index (χ3v) is 6.30. The van der Waals surface area contributed by atoms with E-state index in [1.54, 1.807) is 6.92 Å². The second-order valence-electron chi connectivity index (χ2n) is 7.89. The number of benzene rings is 1. The number of nitrogens with one attached hydrogen (secondary N) is 2. The predicted molar refractivity (Wildman–Crippen MR) is 116 cm³/mol. The minimum atomic E-state index is -1.20. The summed E-state index contributed by atoms with van der Waals surface area (Å²) in [4.78, 5) is 45.5. The average molecular weight is 444 g/mol. The summed E-state index contributed by atoms with van der Waals surface area (Å²) in [5.41, 5.74) is 1.39. The molecule has 3 heterocycles. The zero-order chi connectivity index (χ0) is 22.0. The van der Waals surface area contributed by atoms with E-state index >= 15 is 0 Å². The standard InChI is InChI=1S/C21H25N5O4S/c1-14-3-5-15(6-4-14)21(2)18(28)26(20(29)24-21)12-17(27)23-19-22-16(13-31-19)11-25-7-9-30-10-8-25/h3-6,13H,7-12H2,1-2H3,(H,24,29)(H,22,23,27). The first-order valence-corrected chi connectivity index (χ1v) is 11.0. The lowest BCUT2D eigenvalue weighted by molar-refractivity contribution is -0.133. The van der Waals surface area contributed by atoms with Crippen molar-refractivity contribution in [2.24, 2.45) is 0 Å². The van der Waals surface area contributed by atoms with Gasteiger partial charge in [0.25, 0.3) is 5.91 Å². The number of carbonyl (C=O) groups excluding carboxylic acids is 3. The third kappa shape index (κ3) is 4.60. The first-order valence-electron chi connectivity index (χ1n) is 10.1. The molecule has 1 aromatic carbocycles. The average Bonchev–Trinajstić information content (AvgIpc) is 3.27. The number of carbonyl (C=O) groups is 3. The van der Waals surface area contributed by atoms with Gasteiger partial charge in [-0.05, 0) is 19.4 Å². The van der Waals surface area contributed by atoms with Crippen LogP contribution in [0.5, 0.6) is 0 Å². The van der Waals surface area contributed by atoms with Crippen LogP contribution in [0.25, 0.3) is 0 Å². The van der Waals surface area contributed by atoms with Crippen LogP contribution in [0, 0.1) is 6.92 Å². The second-order valence-corrected chi connectivity index (χ2v) is 8.75. The Morgan fingerprint density at radius 1 is 1.26 bits per heavy atom. The first kappa shape index (κ1) is 21.4. The molecule has 2 saturated heterocycles. The number of amides is 4. The van der Waals surface area contributed by atoms with E-state index in [2.05, 4.69) is 20.5 Å². The molecule has 164 valence electrons. The van der Waals surface area contributed by atoms with E-state index in [1.165, 1.54) is 11.3 Å². The van der Waals surface area contributed by atoms with Crippen LogP contribution < -0.4 is 10.6 Å². The molecule has 4 amide bonds. The molecule has 1 atom stereocenters. The van der Waals surface area contributed by atoms with Crippen molar-refractivity contribution in [3.8, 4) is 0 Å². The molecule has 4 rings (SSSR count). The Morgan fingerprint density at radius 2 is 1.97 bits per heavy atom. The molecular weight excluding hydrogens is 418 g/mol. The van der Waals surface area contributed by atoms with E-state index in [0.717, 1.165) is 29.2 Å². The van der Waals surface area contributed by atoms with Crippen molar-refractivity contribution in [1.29, 1.82) is 0 Å². The topological polar surface area (TPSA) is 104 Å². The lowest BCUT2D eigenvalue weighted by Gasteiger charge is -2.25. The van der Waals surface area contributed by atoms with Gasteiger partial charge in [0.05, 0.1) is 18.9 Å². The van der Waals surface area contributed by atoms with Gasteiger partial charge in [-0.3, -0.25) is 19.4 Å². The van der Waals surface area contributed by atoms with Gasteiger partial charge in [-0.2, -0.15) is 0 Å². The summed E-state index contributed by atoms with van der Waals surface area (Å²) in [6.45, 7) is 7.04. The molecule has 0 spiro atoms. The molecule has 0 bridgehead atoms. The smallest absolute Gasteiger partial charge is 0.325 e. The molecule has 2 aromatic rings. The third-order valence-electron chi connectivity index (χ3n) is 5.49. The van der Waals surface area contributed by atoms with Crippen molar-refractivity contribution >= 4 is 34.3 Å². The summed E-state index contributed by atoms with van der Waals surface area (Å²) in [6, 6.07) is 6.79. The number of aromatic nitrogens is 1. The zero-order valence-electron chi connectivity index (χ0n) is 17.5. The van der Waals surface area contributed by atoms with Gasteiger partial charge in [-0.25, -0.2) is 9.78 Å². The number of hydrogen-bond acceptors (Lipinski definition) is 7. The summed E-state index contributed by atoms with van der Waals surface area (Å²) in [7, 11) is 0. The number of aryl methyl sites for hydroxylation is 1. The van der Waals surface area contributed by atoms with Gasteiger partial charge in [0.15, 0.2) is 5.13 Å². The Bertz CT molecular complexity index is 986. The Balaban J connectivity index is 1.37. The number of nitrogens with zero attached hydrogens (tertiary/aromatic N) is 3. The van der Waals surface area contributed by atoms with E-state index < -0.39 is 23.4 Å². The Hall–Kier alpha value is -2.82. The lowest BCUT2D eigenvalue weighted by atomic mass is 9.91. The van der Waals surface area contributed by atoms with Gasteiger partial charge in [-0.15, -0.1) is 11.3 Å². The van der Waals surface area contributed by atoms with Gasteiger partial charge < -0.3 is 15.4 Å². The van der Waals surface area contributed by atoms with Crippen LogP contribution in [-0.4, -0.2) is 65.5 Å². The van der Waals surface area contributed by atoms with Gasteiger partial charge in [-0.1, -0.05) is 29.8 Å². The maximum Gasteiger partial charge on any atom is 0.325 e. The lowest BCUT2D eigenvalue weighted by Crippen LogP contribution is -2.42. The van der Waals surface area contributed by atoms with Crippen molar-refractivity contribution in [2.75, 3.05) is 38.2 Å². The van der Waals surface area contributed by atoms with E-state index in [-0.39, 0.29) is 6.54 Å². The molecule has 10 heteroatoms. The highest BCUT2D eigenvalue weighted by atomic mass is 32.1. The maximum atomic E-state index is 13.0. The SMILES string of the molecule is Cc1ccc(C2(C)NC(=O)N(CC(=O)Nc3nc(CN4CCOCC4)cs3)C2=O)cc1. The molecule has 9 nitrogen and oxygen atoms in total. The minimum absolute atomic E-state index is 0.371. The number of rotatable bonds is 6. The number of imide groups is 1. The maximum absolute atomic E-state index is 13.0. The summed E-state index contributed by atoms with van der Waals surface area (Å²) < 4.78 is 5.34. The van der Waals surface area contributed by atoms with Crippen LogP contribution in [0.15, 0.2) is 29.6 Å². The highest BCUT2D eigenvalue weighted by Gasteiger charge is 2.49. The van der Waals surface area contributed by atoms with Crippen molar-refractivity contribution < 1.29 is 19.1 Å². The first-order chi connectivity index (χ1) is 14.8. The molecule has 0 saturated carbocycles. The fourth-order valence-corrected chi connectivity index (χ4v) is 4.37. The largest absolute Gasteiger partial charge is 0.379 e. The Morgan fingerprint density at radius 3 is 2.68 bits per heavy atom. The quantitative estimate of drug-likeness (QED) is 0.659. The molecule has 2 aliphatic heterocycles. The van der Waals surface area contributed by atoms with Crippen LogP contribution in [-0.2, 0) is 26.4 Å². The summed E-state index contributed by atoms with van der Waals surface area (Å²) in [6.07, 6.45) is 0. The molecule has 0 aliphatic carbocycles. The van der Waals surface area contributed by atoms with Crippen LogP contribution in [0.2, 0.25) is 0 Å². The monoisotopic (exact) mass is 443 g/mol. The number of morpholine rings is 1. The summed E-state index contributed by atoms with van der Waals surface area (Å²) in [5, 5.41) is 7.75. The molecule has 31 heavy (non-hydrogen) atoms. The van der Waals surface area contributed by atoms with E-state index in [4.69, 9.17) is 4.74 Å². The zero-order valence-corrected chi connectivity index (χ0v) is 18.3. The Kier molecular flexibility index (Phi) is 6.03. The van der Waals surface area contributed by atoms with Crippen LogP contribution in [0.3, 0.4) is 0 Å². The molecular formula is C21H25N5O4S. The number of urea groups is 1. The van der Waals surface area contributed by atoms with E-state index in [1.807, 2.05) is 36.6 Å². The molecule has 1 aromatic heterocycles. The molecule has 2 aliphatic rings. The van der Waals surface area contributed by atoms with Gasteiger partial charge in [0.2, 0.25) is 5.91 Å².